The number of aliphatic imine (C=N–C) groups is 2. The van der Waals surface area contributed by atoms with Crippen molar-refractivity contribution in [3.8, 4) is 0 Å². The van der Waals surface area contributed by atoms with Gasteiger partial charge in [-0.05, 0) is 12.2 Å². The molecule has 0 N–H and O–H groups in total. The zero-order chi connectivity index (χ0) is 7.73. The van der Waals surface area contributed by atoms with E-state index in [2.05, 4.69) is 9.98 Å². The molecule has 0 aromatic rings. The summed E-state index contributed by atoms with van der Waals surface area (Å²) < 4.78 is 0. The summed E-state index contributed by atoms with van der Waals surface area (Å²) >= 11 is 0. The Morgan fingerprint density at radius 2 is 1.36 bits per heavy atom. The Bertz CT molecular complexity index is 250. The van der Waals surface area contributed by atoms with Gasteiger partial charge in [0.1, 0.15) is 0 Å². The molecule has 3 nitrogen and oxygen atoms in total. The standard InChI is InChI=1S/C8H9N3.3CH4/c1-8-9-4-2-6-11(8)7-3-5-10-8;;;/h2-7H,1H3;3*1H4. The summed E-state index contributed by atoms with van der Waals surface area (Å²) in [6.45, 7) is 1.97. The lowest BCUT2D eigenvalue weighted by atomic mass is 10.3. The Balaban J connectivity index is 0. The molecule has 0 fully saturated rings. The molecule has 0 bridgehead atoms. The first-order chi connectivity index (χ1) is 5.31. The molecule has 0 unspecified atom stereocenters. The third kappa shape index (κ3) is 2.31. The van der Waals surface area contributed by atoms with Gasteiger partial charge in [-0.25, -0.2) is 9.98 Å². The van der Waals surface area contributed by atoms with Crippen molar-refractivity contribution in [3.63, 3.8) is 0 Å². The van der Waals surface area contributed by atoms with Crippen LogP contribution in [-0.4, -0.2) is 23.1 Å². The maximum absolute atomic E-state index is 4.25. The second-order valence-electron chi connectivity index (χ2n) is 2.62. The summed E-state index contributed by atoms with van der Waals surface area (Å²) in [5.41, 5.74) is 0. The van der Waals surface area contributed by atoms with Gasteiger partial charge in [0, 0.05) is 31.8 Å². The topological polar surface area (TPSA) is 28.0 Å². The Morgan fingerprint density at radius 1 is 0.929 bits per heavy atom. The normalized spacial score (nSPS) is 18.8. The van der Waals surface area contributed by atoms with Crippen LogP contribution < -0.4 is 0 Å². The van der Waals surface area contributed by atoms with E-state index in [1.165, 1.54) is 0 Å². The minimum atomic E-state index is -0.427. The van der Waals surface area contributed by atoms with Gasteiger partial charge in [0.05, 0.1) is 0 Å². The maximum Gasteiger partial charge on any atom is 0.227 e. The second kappa shape index (κ2) is 5.37. The predicted molar refractivity (Wildman–Crippen MR) is 65.7 cm³/mol. The number of fused-ring (bicyclic) bond motifs is 1. The Labute approximate surface area is 87.6 Å². The first-order valence-electron chi connectivity index (χ1n) is 3.54. The number of allylic oxidation sites excluding steroid dienone is 2. The molecule has 14 heavy (non-hydrogen) atoms. The van der Waals surface area contributed by atoms with Crippen LogP contribution in [0.25, 0.3) is 0 Å². The van der Waals surface area contributed by atoms with Crippen LogP contribution in [0.15, 0.2) is 34.5 Å². The van der Waals surface area contributed by atoms with E-state index in [4.69, 9.17) is 0 Å². The molecule has 0 aromatic carbocycles. The molecule has 0 saturated heterocycles. The summed E-state index contributed by atoms with van der Waals surface area (Å²) in [5, 5.41) is 0. The highest BCUT2D eigenvalue weighted by molar-refractivity contribution is 5.76. The van der Waals surface area contributed by atoms with E-state index in [1.807, 2.05) is 36.4 Å². The quantitative estimate of drug-likeness (QED) is 0.584. The third-order valence-corrected chi connectivity index (χ3v) is 1.79. The second-order valence-corrected chi connectivity index (χ2v) is 2.62. The average Bonchev–Trinajstić information content (AvgIpc) is 2.03. The van der Waals surface area contributed by atoms with Gasteiger partial charge < -0.3 is 4.90 Å². The van der Waals surface area contributed by atoms with E-state index in [0.29, 0.717) is 0 Å². The van der Waals surface area contributed by atoms with Gasteiger partial charge in [-0.1, -0.05) is 22.3 Å². The molecular formula is C11H21N3. The smallest absolute Gasteiger partial charge is 0.227 e. The van der Waals surface area contributed by atoms with Crippen LogP contribution in [0.2, 0.25) is 0 Å². The molecule has 2 aliphatic heterocycles. The van der Waals surface area contributed by atoms with Crippen LogP contribution in [0.4, 0.5) is 0 Å². The van der Waals surface area contributed by atoms with Gasteiger partial charge in [0.15, 0.2) is 0 Å². The average molecular weight is 195 g/mol. The van der Waals surface area contributed by atoms with Gasteiger partial charge in [-0.2, -0.15) is 0 Å². The van der Waals surface area contributed by atoms with Crippen LogP contribution in [0.1, 0.15) is 29.2 Å². The fraction of sp³-hybridized carbons (Fsp3) is 0.455. The summed E-state index contributed by atoms with van der Waals surface area (Å²) in [7, 11) is 0. The molecule has 0 aromatic heterocycles. The van der Waals surface area contributed by atoms with E-state index in [0.717, 1.165) is 0 Å². The lowest BCUT2D eigenvalue weighted by molar-refractivity contribution is 0.247. The summed E-state index contributed by atoms with van der Waals surface area (Å²) in [6.07, 6.45) is 11.2. The van der Waals surface area contributed by atoms with Gasteiger partial charge in [0.2, 0.25) is 5.79 Å². The zero-order valence-corrected chi connectivity index (χ0v) is 6.31. The molecule has 80 valence electrons. The monoisotopic (exact) mass is 195 g/mol. The number of hydrogen-bond donors (Lipinski definition) is 0. The largest absolute Gasteiger partial charge is 0.311 e. The van der Waals surface area contributed by atoms with Crippen molar-refractivity contribution in [1.82, 2.24) is 4.90 Å². The third-order valence-electron chi connectivity index (χ3n) is 1.79. The number of hydrogen-bond acceptors (Lipinski definition) is 3. The fourth-order valence-electron chi connectivity index (χ4n) is 1.13. The molecule has 0 amide bonds. The molecule has 0 spiro atoms. The molecule has 0 atom stereocenters. The summed E-state index contributed by atoms with van der Waals surface area (Å²) in [5.74, 6) is -0.427. The van der Waals surface area contributed by atoms with E-state index >= 15 is 0 Å². The van der Waals surface area contributed by atoms with E-state index in [9.17, 15) is 0 Å². The van der Waals surface area contributed by atoms with Crippen LogP contribution in [0.3, 0.4) is 0 Å². The zero-order valence-electron chi connectivity index (χ0n) is 6.31. The minimum absolute atomic E-state index is 0. The van der Waals surface area contributed by atoms with Crippen LogP contribution in [-0.2, 0) is 0 Å². The van der Waals surface area contributed by atoms with E-state index in [-0.39, 0.29) is 22.3 Å². The Kier molecular flexibility index (Phi) is 5.80. The Morgan fingerprint density at radius 3 is 1.71 bits per heavy atom. The van der Waals surface area contributed by atoms with Crippen molar-refractivity contribution in [2.75, 3.05) is 0 Å². The lowest BCUT2D eigenvalue weighted by Gasteiger charge is -2.34. The van der Waals surface area contributed by atoms with E-state index in [1.54, 1.807) is 12.4 Å². The SMILES string of the molecule is C.C.C.CC12N=CC=CN1C=CC=N2. The van der Waals surface area contributed by atoms with Crippen molar-refractivity contribution >= 4 is 12.4 Å². The number of nitrogens with zero attached hydrogens (tertiary/aromatic N) is 3. The van der Waals surface area contributed by atoms with Crippen LogP contribution in [0.5, 0.6) is 0 Å². The van der Waals surface area contributed by atoms with Crippen LogP contribution in [0, 0.1) is 0 Å². The molecule has 2 rings (SSSR count). The number of rotatable bonds is 0. The molecule has 0 radical (unpaired) electrons. The Hall–Kier alpha value is -1.38. The first-order valence-corrected chi connectivity index (χ1v) is 3.54. The first kappa shape index (κ1) is 15.1. The van der Waals surface area contributed by atoms with Crippen molar-refractivity contribution in [1.29, 1.82) is 0 Å². The van der Waals surface area contributed by atoms with Crippen molar-refractivity contribution < 1.29 is 0 Å². The molecule has 0 aliphatic carbocycles. The summed E-state index contributed by atoms with van der Waals surface area (Å²) in [4.78, 5) is 10.5. The highest BCUT2D eigenvalue weighted by Gasteiger charge is 2.28. The molecule has 2 aliphatic rings. The molecule has 2 heterocycles. The van der Waals surface area contributed by atoms with Crippen molar-refractivity contribution in [3.05, 3.63) is 24.6 Å². The highest BCUT2D eigenvalue weighted by Crippen LogP contribution is 2.23. The van der Waals surface area contributed by atoms with Crippen molar-refractivity contribution in [2.24, 2.45) is 9.98 Å². The fourth-order valence-corrected chi connectivity index (χ4v) is 1.13. The van der Waals surface area contributed by atoms with Crippen molar-refractivity contribution in [2.45, 2.75) is 35.0 Å². The van der Waals surface area contributed by atoms with Gasteiger partial charge in [-0.3, -0.25) is 0 Å². The molecule has 3 heteroatoms. The highest BCUT2D eigenvalue weighted by atomic mass is 15.4. The lowest BCUT2D eigenvalue weighted by Crippen LogP contribution is -2.39. The van der Waals surface area contributed by atoms with Gasteiger partial charge in [0.25, 0.3) is 0 Å². The van der Waals surface area contributed by atoms with Gasteiger partial charge in [-0.15, -0.1) is 0 Å². The predicted octanol–water partition coefficient (Wildman–Crippen LogP) is 3.07. The van der Waals surface area contributed by atoms with E-state index < -0.39 is 5.79 Å². The maximum atomic E-state index is 4.25. The summed E-state index contributed by atoms with van der Waals surface area (Å²) in [6, 6.07) is 0. The molecular weight excluding hydrogens is 174 g/mol. The van der Waals surface area contributed by atoms with Gasteiger partial charge >= 0.3 is 0 Å². The minimum Gasteiger partial charge on any atom is -0.311 e. The van der Waals surface area contributed by atoms with Crippen LogP contribution >= 0.6 is 0 Å². The molecule has 0 saturated carbocycles.